The lowest BCUT2D eigenvalue weighted by atomic mass is 9.99. The fraction of sp³-hybridized carbons (Fsp3) is 0.241. The summed E-state index contributed by atoms with van der Waals surface area (Å²) in [6, 6.07) is 11.0. The fourth-order valence-electron chi connectivity index (χ4n) is 4.48. The van der Waals surface area contributed by atoms with E-state index in [2.05, 4.69) is 6.58 Å². The molecule has 4 rings (SSSR count). The second kappa shape index (κ2) is 11.2. The van der Waals surface area contributed by atoms with Crippen LogP contribution in [0, 0.1) is 12.7 Å². The highest BCUT2D eigenvalue weighted by atomic mass is 35.5. The average Bonchev–Trinajstić information content (AvgIpc) is 2.87. The van der Waals surface area contributed by atoms with Crippen molar-refractivity contribution in [3.8, 4) is 5.75 Å². The second-order valence-electron chi connectivity index (χ2n) is 9.51. The Balaban J connectivity index is 1.84. The summed E-state index contributed by atoms with van der Waals surface area (Å²) >= 11 is 6.22. The summed E-state index contributed by atoms with van der Waals surface area (Å²) in [5, 5.41) is 9.76. The number of alkyl halides is 3. The van der Waals surface area contributed by atoms with E-state index >= 15 is 0 Å². The van der Waals surface area contributed by atoms with Crippen LogP contribution in [0.5, 0.6) is 5.75 Å². The average molecular weight is 596 g/mol. The molecule has 0 bridgehead atoms. The molecule has 1 atom stereocenters. The molecule has 1 heterocycles. The number of aliphatic hydroxyl groups is 1. The smallest absolute Gasteiger partial charge is 0.416 e. The number of allylic oxidation sites excluding steroid dienone is 2. The molecule has 0 unspecified atom stereocenters. The summed E-state index contributed by atoms with van der Waals surface area (Å²) < 4.78 is 89.3. The molecule has 0 saturated heterocycles. The highest BCUT2D eigenvalue weighted by molar-refractivity contribution is 7.92. The number of rotatable bonds is 7. The fourth-order valence-corrected chi connectivity index (χ4v) is 6.33. The van der Waals surface area contributed by atoms with Crippen LogP contribution in [-0.4, -0.2) is 26.2 Å². The minimum absolute atomic E-state index is 0.111. The Hall–Kier alpha value is -3.50. The Kier molecular flexibility index (Phi) is 8.23. The lowest BCUT2D eigenvalue weighted by Crippen LogP contribution is -2.43. The van der Waals surface area contributed by atoms with Crippen molar-refractivity contribution < 1.29 is 35.8 Å². The van der Waals surface area contributed by atoms with Gasteiger partial charge in [0.15, 0.2) is 0 Å². The van der Waals surface area contributed by atoms with Crippen molar-refractivity contribution in [2.75, 3.05) is 10.8 Å². The minimum Gasteiger partial charge on any atom is -0.513 e. The van der Waals surface area contributed by atoms with E-state index in [-0.39, 0.29) is 47.2 Å². The van der Waals surface area contributed by atoms with Crippen molar-refractivity contribution in [3.63, 3.8) is 0 Å². The summed E-state index contributed by atoms with van der Waals surface area (Å²) in [5.74, 6) is -0.436. The van der Waals surface area contributed by atoms with Crippen LogP contribution in [0.15, 0.2) is 71.8 Å². The predicted octanol–water partition coefficient (Wildman–Crippen LogP) is 8.18. The third kappa shape index (κ3) is 6.13. The molecule has 0 amide bonds. The lowest BCUT2D eigenvalue weighted by Gasteiger charge is -2.36. The number of hydrogen-bond acceptors (Lipinski definition) is 4. The van der Waals surface area contributed by atoms with Gasteiger partial charge in [-0.25, -0.2) is 12.8 Å². The second-order valence-corrected chi connectivity index (χ2v) is 11.8. The molecule has 3 aromatic rings. The number of sulfonamides is 1. The van der Waals surface area contributed by atoms with Crippen LogP contribution in [0.3, 0.4) is 0 Å². The molecule has 3 aromatic carbocycles. The van der Waals surface area contributed by atoms with Gasteiger partial charge in [-0.1, -0.05) is 36.4 Å². The normalized spacial score (nSPS) is 15.9. The van der Waals surface area contributed by atoms with Gasteiger partial charge in [0.25, 0.3) is 10.0 Å². The summed E-state index contributed by atoms with van der Waals surface area (Å²) in [5.41, 5.74) is 0.894. The lowest BCUT2D eigenvalue weighted by molar-refractivity contribution is -0.137. The maximum atomic E-state index is 14.5. The van der Waals surface area contributed by atoms with Crippen LogP contribution in [-0.2, 0) is 16.2 Å². The molecule has 0 aromatic heterocycles. The van der Waals surface area contributed by atoms with Crippen molar-refractivity contribution in [3.05, 3.63) is 100 Å². The highest BCUT2D eigenvalue weighted by Crippen LogP contribution is 2.41. The SMILES string of the molecule is C=C(O)CC[C@H]1CN(S(=O)(=O)c2cccc(C(F)(F)F)c2)c2cc(/C=C(\C)c3c(F)cccc3Cl)c(C)cc2O1. The van der Waals surface area contributed by atoms with E-state index in [4.69, 9.17) is 16.3 Å². The minimum atomic E-state index is -4.74. The van der Waals surface area contributed by atoms with Gasteiger partial charge in [0.1, 0.15) is 17.7 Å². The predicted molar refractivity (Wildman–Crippen MR) is 148 cm³/mol. The summed E-state index contributed by atoms with van der Waals surface area (Å²) in [4.78, 5) is -0.535. The van der Waals surface area contributed by atoms with E-state index in [9.17, 15) is 31.1 Å². The maximum absolute atomic E-state index is 14.5. The zero-order valence-corrected chi connectivity index (χ0v) is 23.2. The standard InChI is InChI=1S/C29H26ClF4NO4S/c1-17-13-27-26(14-20(17)12-18(2)28-24(30)8-5-9-25(28)31)35(16-22(39-27)11-10-19(3)36)40(37,38)23-7-4-6-21(15-23)29(32,33)34/h4-9,12-15,22,36H,3,10-11,16H2,1-2H3/b18-12+/t22-/m0/s1. The molecular weight excluding hydrogens is 570 g/mol. The maximum Gasteiger partial charge on any atom is 0.416 e. The van der Waals surface area contributed by atoms with Gasteiger partial charge < -0.3 is 9.84 Å². The third-order valence-corrected chi connectivity index (χ3v) is 8.60. The van der Waals surface area contributed by atoms with E-state index in [0.29, 0.717) is 22.8 Å². The monoisotopic (exact) mass is 595 g/mol. The largest absolute Gasteiger partial charge is 0.513 e. The number of fused-ring (bicyclic) bond motifs is 1. The van der Waals surface area contributed by atoms with E-state index in [1.807, 2.05) is 0 Å². The molecule has 40 heavy (non-hydrogen) atoms. The van der Waals surface area contributed by atoms with Crippen molar-refractivity contribution in [1.29, 1.82) is 0 Å². The van der Waals surface area contributed by atoms with Crippen LogP contribution in [0.4, 0.5) is 23.2 Å². The third-order valence-electron chi connectivity index (χ3n) is 6.51. The number of halogens is 5. The number of benzene rings is 3. The number of hydrogen-bond donors (Lipinski definition) is 1. The molecular formula is C29H26ClF4NO4S. The van der Waals surface area contributed by atoms with Gasteiger partial charge in [-0.3, -0.25) is 4.31 Å². The topological polar surface area (TPSA) is 66.8 Å². The Bertz CT molecular complexity index is 1580. The Labute approximate surface area is 235 Å². The van der Waals surface area contributed by atoms with Crippen LogP contribution in [0.2, 0.25) is 5.02 Å². The number of nitrogens with zero attached hydrogens (tertiary/aromatic N) is 1. The molecule has 0 radical (unpaired) electrons. The molecule has 11 heteroatoms. The van der Waals surface area contributed by atoms with Crippen molar-refractivity contribution in [1.82, 2.24) is 0 Å². The van der Waals surface area contributed by atoms with Gasteiger partial charge in [-0.2, -0.15) is 13.2 Å². The van der Waals surface area contributed by atoms with Crippen LogP contribution in [0.1, 0.15) is 42.0 Å². The Morgan fingerprint density at radius 1 is 1.20 bits per heavy atom. The first-order chi connectivity index (χ1) is 18.7. The summed E-state index contributed by atoms with van der Waals surface area (Å²) in [7, 11) is -4.49. The number of aliphatic hydroxyl groups excluding tert-OH is 1. The van der Waals surface area contributed by atoms with Gasteiger partial charge in [0, 0.05) is 12.0 Å². The van der Waals surface area contributed by atoms with Gasteiger partial charge in [0.05, 0.1) is 33.5 Å². The molecule has 0 fully saturated rings. The molecule has 1 N–H and O–H groups in total. The van der Waals surface area contributed by atoms with Gasteiger partial charge in [-0.05, 0) is 79.4 Å². The molecule has 0 saturated carbocycles. The van der Waals surface area contributed by atoms with Crippen molar-refractivity contribution in [2.24, 2.45) is 0 Å². The zero-order valence-electron chi connectivity index (χ0n) is 21.6. The molecule has 0 spiro atoms. The van der Waals surface area contributed by atoms with Crippen LogP contribution < -0.4 is 9.04 Å². The van der Waals surface area contributed by atoms with E-state index in [1.54, 1.807) is 32.1 Å². The number of aryl methyl sites for hydroxylation is 1. The molecule has 5 nitrogen and oxygen atoms in total. The van der Waals surface area contributed by atoms with E-state index < -0.39 is 38.6 Å². The number of ether oxygens (including phenoxy) is 1. The molecule has 1 aliphatic rings. The summed E-state index contributed by atoms with van der Waals surface area (Å²) in [6.45, 7) is 6.64. The quantitative estimate of drug-likeness (QED) is 0.170. The van der Waals surface area contributed by atoms with Crippen LogP contribution >= 0.6 is 11.6 Å². The first kappa shape index (κ1) is 29.5. The summed E-state index contributed by atoms with van der Waals surface area (Å²) in [6.07, 6.45) is -3.44. The van der Waals surface area contributed by atoms with Crippen LogP contribution in [0.25, 0.3) is 11.6 Å². The van der Waals surface area contributed by atoms with Gasteiger partial charge in [-0.15, -0.1) is 0 Å². The van der Waals surface area contributed by atoms with Crippen molar-refractivity contribution in [2.45, 2.75) is 43.9 Å². The Morgan fingerprint density at radius 3 is 2.55 bits per heavy atom. The van der Waals surface area contributed by atoms with Gasteiger partial charge in [0.2, 0.25) is 0 Å². The van der Waals surface area contributed by atoms with Gasteiger partial charge >= 0.3 is 6.18 Å². The molecule has 1 aliphatic heterocycles. The first-order valence-electron chi connectivity index (χ1n) is 12.2. The highest BCUT2D eigenvalue weighted by Gasteiger charge is 2.37. The Morgan fingerprint density at radius 2 is 1.90 bits per heavy atom. The van der Waals surface area contributed by atoms with E-state index in [0.717, 1.165) is 22.5 Å². The molecule has 0 aliphatic carbocycles. The first-order valence-corrected chi connectivity index (χ1v) is 14.0. The zero-order chi connectivity index (χ0) is 29.4. The number of anilines is 1. The van der Waals surface area contributed by atoms with Crippen molar-refractivity contribution >= 4 is 39.0 Å². The molecule has 212 valence electrons. The van der Waals surface area contributed by atoms with E-state index in [1.165, 1.54) is 18.2 Å².